The molecule has 0 radical (unpaired) electrons. The fourth-order valence-corrected chi connectivity index (χ4v) is 5.98. The van der Waals surface area contributed by atoms with Crippen LogP contribution >= 0.6 is 0 Å². The number of aliphatic carboxylic acids is 1. The summed E-state index contributed by atoms with van der Waals surface area (Å²) in [6.07, 6.45) is 7.37. The fourth-order valence-electron chi connectivity index (χ4n) is 5.98. The van der Waals surface area contributed by atoms with Gasteiger partial charge in [-0.2, -0.15) is 0 Å². The molecule has 4 saturated carbocycles. The second kappa shape index (κ2) is 3.72. The third kappa shape index (κ3) is 1.37. The van der Waals surface area contributed by atoms with Gasteiger partial charge < -0.3 is 9.84 Å². The van der Waals surface area contributed by atoms with Crippen molar-refractivity contribution in [2.75, 3.05) is 13.2 Å². The van der Waals surface area contributed by atoms with Gasteiger partial charge in [0.2, 0.25) is 0 Å². The van der Waals surface area contributed by atoms with Gasteiger partial charge in [0.25, 0.3) is 0 Å². The van der Waals surface area contributed by atoms with Crippen molar-refractivity contribution >= 4 is 5.97 Å². The zero-order chi connectivity index (χ0) is 12.3. The van der Waals surface area contributed by atoms with Crippen molar-refractivity contribution in [2.24, 2.45) is 35.0 Å². The Kier molecular flexibility index (Phi) is 2.33. The summed E-state index contributed by atoms with van der Waals surface area (Å²) in [7, 11) is 0. The average molecular weight is 250 g/mol. The van der Waals surface area contributed by atoms with Crippen LogP contribution in [0.3, 0.4) is 0 Å². The van der Waals surface area contributed by atoms with Crippen LogP contribution in [-0.2, 0) is 9.53 Å². The molecular formula is C15H22O3. The number of ether oxygens (including phenoxy) is 1. The lowest BCUT2D eigenvalue weighted by atomic mass is 9.46. The molecule has 18 heavy (non-hydrogen) atoms. The van der Waals surface area contributed by atoms with Crippen LogP contribution in [0.15, 0.2) is 0 Å². The average Bonchev–Trinajstić information content (AvgIpc) is 2.77. The fraction of sp³-hybridized carbons (Fsp3) is 0.933. The van der Waals surface area contributed by atoms with Gasteiger partial charge >= 0.3 is 5.97 Å². The molecule has 5 fully saturated rings. The van der Waals surface area contributed by atoms with Crippen molar-refractivity contribution in [1.29, 1.82) is 0 Å². The Morgan fingerprint density at radius 3 is 2.11 bits per heavy atom. The van der Waals surface area contributed by atoms with E-state index >= 15 is 0 Å². The van der Waals surface area contributed by atoms with Gasteiger partial charge in [-0.25, -0.2) is 0 Å². The minimum absolute atomic E-state index is 0.408. The quantitative estimate of drug-likeness (QED) is 0.819. The lowest BCUT2D eigenvalue weighted by molar-refractivity contribution is -0.166. The predicted octanol–water partition coefficient (Wildman–Crippen LogP) is 2.55. The molecule has 1 N–H and O–H groups in total. The minimum Gasteiger partial charge on any atom is -0.481 e. The first kappa shape index (κ1) is 11.3. The van der Waals surface area contributed by atoms with Crippen LogP contribution in [0.2, 0.25) is 0 Å². The summed E-state index contributed by atoms with van der Waals surface area (Å²) in [5, 5.41) is 9.77. The first-order valence-electron chi connectivity index (χ1n) is 7.50. The number of carboxylic acid groups (broad SMARTS) is 1. The zero-order valence-electron chi connectivity index (χ0n) is 10.8. The zero-order valence-corrected chi connectivity index (χ0v) is 10.8. The van der Waals surface area contributed by atoms with Crippen LogP contribution in [0.25, 0.3) is 0 Å². The topological polar surface area (TPSA) is 46.5 Å². The van der Waals surface area contributed by atoms with E-state index in [1.165, 1.54) is 32.1 Å². The summed E-state index contributed by atoms with van der Waals surface area (Å²) >= 11 is 0. The number of carboxylic acids is 1. The van der Waals surface area contributed by atoms with Gasteiger partial charge in [0.15, 0.2) is 0 Å². The molecule has 3 heteroatoms. The number of carbonyl (C=O) groups is 1. The van der Waals surface area contributed by atoms with E-state index in [0.29, 0.717) is 31.0 Å². The highest BCUT2D eigenvalue weighted by Gasteiger charge is 2.59. The highest BCUT2D eigenvalue weighted by Crippen LogP contribution is 2.62. The number of hydrogen-bond donors (Lipinski definition) is 1. The molecule has 4 bridgehead atoms. The molecular weight excluding hydrogens is 228 g/mol. The second-order valence-corrected chi connectivity index (χ2v) is 7.22. The molecule has 0 aromatic heterocycles. The molecule has 4 aliphatic carbocycles. The lowest BCUT2D eigenvalue weighted by Crippen LogP contribution is -2.54. The van der Waals surface area contributed by atoms with E-state index < -0.39 is 11.4 Å². The SMILES string of the molecule is O=C(O)C1(C2C3CC4CC(C3)CC2C4)CCOC1. The number of hydrogen-bond acceptors (Lipinski definition) is 2. The summed E-state index contributed by atoms with van der Waals surface area (Å²) < 4.78 is 5.50. The smallest absolute Gasteiger partial charge is 0.312 e. The van der Waals surface area contributed by atoms with Crippen molar-refractivity contribution in [3.63, 3.8) is 0 Å². The Morgan fingerprint density at radius 2 is 1.67 bits per heavy atom. The van der Waals surface area contributed by atoms with Gasteiger partial charge in [-0.3, -0.25) is 4.79 Å². The molecule has 1 unspecified atom stereocenters. The van der Waals surface area contributed by atoms with Crippen LogP contribution in [-0.4, -0.2) is 24.3 Å². The molecule has 1 atom stereocenters. The molecule has 0 aromatic rings. The Hall–Kier alpha value is -0.570. The molecule has 0 spiro atoms. The van der Waals surface area contributed by atoms with Crippen molar-refractivity contribution in [3.8, 4) is 0 Å². The summed E-state index contributed by atoms with van der Waals surface area (Å²) in [4.78, 5) is 11.9. The summed E-state index contributed by atoms with van der Waals surface area (Å²) in [6.45, 7) is 1.12. The first-order valence-corrected chi connectivity index (χ1v) is 7.50. The number of rotatable bonds is 2. The highest BCUT2D eigenvalue weighted by molar-refractivity contribution is 5.76. The standard InChI is InChI=1S/C15H22O3/c16-14(17)15(1-2-18-8-15)13-11-4-9-3-10(6-11)7-12(13)5-9/h9-13H,1-8H2,(H,16,17). The van der Waals surface area contributed by atoms with Gasteiger partial charge in [-0.05, 0) is 68.1 Å². The maximum Gasteiger partial charge on any atom is 0.312 e. The Balaban J connectivity index is 1.69. The van der Waals surface area contributed by atoms with Crippen LogP contribution in [0.4, 0.5) is 0 Å². The summed E-state index contributed by atoms with van der Waals surface area (Å²) in [5.41, 5.74) is -0.539. The Morgan fingerprint density at radius 1 is 1.06 bits per heavy atom. The molecule has 0 amide bonds. The van der Waals surface area contributed by atoms with E-state index in [-0.39, 0.29) is 0 Å². The van der Waals surface area contributed by atoms with E-state index in [1.54, 1.807) is 0 Å². The monoisotopic (exact) mass is 250 g/mol. The van der Waals surface area contributed by atoms with Crippen molar-refractivity contribution < 1.29 is 14.6 Å². The first-order chi connectivity index (χ1) is 8.69. The molecule has 1 saturated heterocycles. The van der Waals surface area contributed by atoms with Gasteiger partial charge in [-0.1, -0.05) is 0 Å². The normalized spacial score (nSPS) is 53.9. The second-order valence-electron chi connectivity index (χ2n) is 7.22. The Bertz CT molecular complexity index is 342. The van der Waals surface area contributed by atoms with E-state index in [4.69, 9.17) is 4.74 Å². The summed E-state index contributed by atoms with van der Waals surface area (Å²) in [6, 6.07) is 0. The molecule has 5 aliphatic rings. The summed E-state index contributed by atoms with van der Waals surface area (Å²) in [5.74, 6) is 3.01. The van der Waals surface area contributed by atoms with Crippen molar-refractivity contribution in [3.05, 3.63) is 0 Å². The molecule has 1 aliphatic heterocycles. The Labute approximate surface area is 108 Å². The van der Waals surface area contributed by atoms with Crippen molar-refractivity contribution in [1.82, 2.24) is 0 Å². The van der Waals surface area contributed by atoms with Crippen LogP contribution in [0.1, 0.15) is 38.5 Å². The molecule has 5 rings (SSSR count). The van der Waals surface area contributed by atoms with E-state index in [2.05, 4.69) is 0 Å². The van der Waals surface area contributed by atoms with E-state index in [1.807, 2.05) is 0 Å². The van der Waals surface area contributed by atoms with Crippen molar-refractivity contribution in [2.45, 2.75) is 38.5 Å². The lowest BCUT2D eigenvalue weighted by Gasteiger charge is -2.58. The maximum absolute atomic E-state index is 11.9. The molecule has 3 nitrogen and oxygen atoms in total. The molecule has 1 heterocycles. The predicted molar refractivity (Wildman–Crippen MR) is 66.0 cm³/mol. The third-order valence-electron chi connectivity index (χ3n) is 6.34. The maximum atomic E-state index is 11.9. The minimum atomic E-state index is -0.586. The van der Waals surface area contributed by atoms with Gasteiger partial charge in [0, 0.05) is 6.61 Å². The largest absolute Gasteiger partial charge is 0.481 e. The highest BCUT2D eigenvalue weighted by atomic mass is 16.5. The van der Waals surface area contributed by atoms with Gasteiger partial charge in [-0.15, -0.1) is 0 Å². The molecule has 100 valence electrons. The van der Waals surface area contributed by atoms with E-state index in [9.17, 15) is 9.90 Å². The third-order valence-corrected chi connectivity index (χ3v) is 6.34. The van der Waals surface area contributed by atoms with Crippen LogP contribution < -0.4 is 0 Å². The van der Waals surface area contributed by atoms with Crippen LogP contribution in [0.5, 0.6) is 0 Å². The van der Waals surface area contributed by atoms with E-state index in [0.717, 1.165) is 18.3 Å². The van der Waals surface area contributed by atoms with Gasteiger partial charge in [0.1, 0.15) is 0 Å². The molecule has 0 aromatic carbocycles. The van der Waals surface area contributed by atoms with Crippen LogP contribution in [0, 0.1) is 35.0 Å². The van der Waals surface area contributed by atoms with Gasteiger partial charge in [0.05, 0.1) is 12.0 Å².